The van der Waals surface area contributed by atoms with Gasteiger partial charge in [0.15, 0.2) is 11.6 Å². The van der Waals surface area contributed by atoms with Gasteiger partial charge in [-0.25, -0.2) is 9.97 Å². The van der Waals surface area contributed by atoms with E-state index in [4.69, 9.17) is 4.98 Å². The highest BCUT2D eigenvalue weighted by atomic mass is 15.3. The number of anilines is 2. The molecule has 0 saturated carbocycles. The Hall–Kier alpha value is -3.09. The van der Waals surface area contributed by atoms with Gasteiger partial charge >= 0.3 is 0 Å². The molecule has 7 nitrogen and oxygen atoms in total. The largest absolute Gasteiger partial charge is 0.355 e. The van der Waals surface area contributed by atoms with Gasteiger partial charge in [-0.3, -0.25) is 4.98 Å². The molecule has 4 rings (SSSR count). The van der Waals surface area contributed by atoms with Crippen LogP contribution in [-0.2, 0) is 6.42 Å². The molecule has 0 bridgehead atoms. The summed E-state index contributed by atoms with van der Waals surface area (Å²) in [6, 6.07) is 12.0. The number of aromatic nitrogens is 5. The molecule has 3 aromatic rings. The first kappa shape index (κ1) is 18.3. The smallest absolute Gasteiger partial charge is 0.180 e. The zero-order valence-corrected chi connectivity index (χ0v) is 16.4. The van der Waals surface area contributed by atoms with Gasteiger partial charge in [-0.05, 0) is 44.0 Å². The molecule has 0 radical (unpaired) electrons. The van der Waals surface area contributed by atoms with E-state index in [-0.39, 0.29) is 0 Å². The Bertz CT molecular complexity index is 912. The number of nitrogens with zero attached hydrogens (tertiary/aromatic N) is 7. The topological polar surface area (TPSA) is 70.9 Å². The van der Waals surface area contributed by atoms with E-state index in [0.29, 0.717) is 5.82 Å². The third-order valence-corrected chi connectivity index (χ3v) is 4.95. The summed E-state index contributed by atoms with van der Waals surface area (Å²) in [7, 11) is 0. The summed E-state index contributed by atoms with van der Waals surface area (Å²) in [6.07, 6.45) is 3.69. The lowest BCUT2D eigenvalue weighted by Gasteiger charge is -2.23. The zero-order chi connectivity index (χ0) is 19.3. The second-order valence-corrected chi connectivity index (χ2v) is 6.97. The van der Waals surface area contributed by atoms with Crippen molar-refractivity contribution in [3.05, 3.63) is 54.0 Å². The number of hydrogen-bond acceptors (Lipinski definition) is 7. The SMILES string of the molecule is CCc1cc(N2CCCN(c3ccc(C)nn3)CC2)nc(-c2ccccn2)n1. The predicted octanol–water partition coefficient (Wildman–Crippen LogP) is 2.92. The summed E-state index contributed by atoms with van der Waals surface area (Å²) in [5.74, 6) is 2.61. The Morgan fingerprint density at radius 3 is 2.39 bits per heavy atom. The molecule has 3 aromatic heterocycles. The van der Waals surface area contributed by atoms with Crippen molar-refractivity contribution in [1.29, 1.82) is 0 Å². The Morgan fingerprint density at radius 2 is 1.71 bits per heavy atom. The molecule has 1 aliphatic rings. The zero-order valence-electron chi connectivity index (χ0n) is 16.4. The van der Waals surface area contributed by atoms with Gasteiger partial charge < -0.3 is 9.80 Å². The first-order valence-electron chi connectivity index (χ1n) is 9.82. The second kappa shape index (κ2) is 8.29. The molecule has 0 unspecified atom stereocenters. The molecule has 0 aromatic carbocycles. The maximum absolute atomic E-state index is 4.83. The summed E-state index contributed by atoms with van der Waals surface area (Å²) in [5.41, 5.74) is 2.79. The minimum Gasteiger partial charge on any atom is -0.355 e. The summed E-state index contributed by atoms with van der Waals surface area (Å²) < 4.78 is 0. The van der Waals surface area contributed by atoms with Crippen LogP contribution in [0.3, 0.4) is 0 Å². The lowest BCUT2D eigenvalue weighted by atomic mass is 10.2. The van der Waals surface area contributed by atoms with Crippen LogP contribution in [0.25, 0.3) is 11.5 Å². The molecular weight excluding hydrogens is 350 g/mol. The number of rotatable bonds is 4. The van der Waals surface area contributed by atoms with Crippen LogP contribution in [-0.4, -0.2) is 51.3 Å². The molecule has 1 aliphatic heterocycles. The first-order valence-corrected chi connectivity index (χ1v) is 9.82. The van der Waals surface area contributed by atoms with Crippen LogP contribution in [0.15, 0.2) is 42.6 Å². The van der Waals surface area contributed by atoms with Gasteiger partial charge in [0.25, 0.3) is 0 Å². The number of aryl methyl sites for hydroxylation is 2. The van der Waals surface area contributed by atoms with Crippen LogP contribution in [0.1, 0.15) is 24.7 Å². The molecule has 1 saturated heterocycles. The quantitative estimate of drug-likeness (QED) is 0.694. The number of hydrogen-bond donors (Lipinski definition) is 0. The highest BCUT2D eigenvalue weighted by Gasteiger charge is 2.19. The van der Waals surface area contributed by atoms with E-state index in [1.54, 1.807) is 6.20 Å². The molecule has 0 N–H and O–H groups in total. The molecule has 7 heteroatoms. The van der Waals surface area contributed by atoms with E-state index in [2.05, 4.69) is 49.0 Å². The van der Waals surface area contributed by atoms with Gasteiger partial charge in [0, 0.05) is 44.1 Å². The molecule has 28 heavy (non-hydrogen) atoms. The van der Waals surface area contributed by atoms with Crippen molar-refractivity contribution in [2.24, 2.45) is 0 Å². The molecule has 0 spiro atoms. The van der Waals surface area contributed by atoms with Crippen LogP contribution >= 0.6 is 0 Å². The van der Waals surface area contributed by atoms with Crippen LogP contribution in [0.2, 0.25) is 0 Å². The molecule has 0 atom stereocenters. The second-order valence-electron chi connectivity index (χ2n) is 6.97. The van der Waals surface area contributed by atoms with Crippen LogP contribution in [0, 0.1) is 6.92 Å². The Kier molecular flexibility index (Phi) is 5.41. The van der Waals surface area contributed by atoms with Gasteiger partial charge in [-0.15, -0.1) is 5.10 Å². The van der Waals surface area contributed by atoms with Gasteiger partial charge in [-0.2, -0.15) is 5.10 Å². The Labute approximate surface area is 165 Å². The van der Waals surface area contributed by atoms with E-state index < -0.39 is 0 Å². The van der Waals surface area contributed by atoms with Crippen molar-refractivity contribution < 1.29 is 0 Å². The van der Waals surface area contributed by atoms with Gasteiger partial charge in [0.05, 0.1) is 5.69 Å². The summed E-state index contributed by atoms with van der Waals surface area (Å²) >= 11 is 0. The van der Waals surface area contributed by atoms with E-state index in [0.717, 1.165) is 67.7 Å². The first-order chi connectivity index (χ1) is 13.7. The minimum atomic E-state index is 0.695. The standard InChI is InChI=1S/C21H25N7/c1-3-17-15-20(24-21(23-17)18-7-4-5-10-22-18)28-12-6-11-27(13-14-28)19-9-8-16(2)25-26-19/h4-5,7-10,15H,3,6,11-14H2,1-2H3. The average Bonchev–Trinajstić information content (AvgIpc) is 3.01. The maximum atomic E-state index is 4.83. The third kappa shape index (κ3) is 4.08. The van der Waals surface area contributed by atoms with E-state index in [1.807, 2.05) is 31.2 Å². The maximum Gasteiger partial charge on any atom is 0.180 e. The van der Waals surface area contributed by atoms with Crippen molar-refractivity contribution in [1.82, 2.24) is 25.1 Å². The highest BCUT2D eigenvalue weighted by molar-refractivity contribution is 5.54. The fourth-order valence-corrected chi connectivity index (χ4v) is 3.37. The van der Waals surface area contributed by atoms with E-state index in [1.165, 1.54) is 0 Å². The van der Waals surface area contributed by atoms with Crippen molar-refractivity contribution in [2.75, 3.05) is 36.0 Å². The monoisotopic (exact) mass is 375 g/mol. The van der Waals surface area contributed by atoms with Crippen molar-refractivity contribution >= 4 is 11.6 Å². The lowest BCUT2D eigenvalue weighted by molar-refractivity contribution is 0.782. The summed E-state index contributed by atoms with van der Waals surface area (Å²) in [6.45, 7) is 7.78. The summed E-state index contributed by atoms with van der Waals surface area (Å²) in [5, 5.41) is 8.54. The van der Waals surface area contributed by atoms with E-state index >= 15 is 0 Å². The molecular formula is C21H25N7. The highest BCUT2D eigenvalue weighted by Crippen LogP contribution is 2.21. The lowest BCUT2D eigenvalue weighted by Crippen LogP contribution is -2.32. The Balaban J connectivity index is 1.56. The van der Waals surface area contributed by atoms with Crippen LogP contribution in [0.4, 0.5) is 11.6 Å². The van der Waals surface area contributed by atoms with Crippen LogP contribution < -0.4 is 9.80 Å². The minimum absolute atomic E-state index is 0.695. The summed E-state index contributed by atoms with van der Waals surface area (Å²) in [4.78, 5) is 18.6. The van der Waals surface area contributed by atoms with E-state index in [9.17, 15) is 0 Å². The van der Waals surface area contributed by atoms with Gasteiger partial charge in [0.2, 0.25) is 0 Å². The van der Waals surface area contributed by atoms with Crippen LogP contribution in [0.5, 0.6) is 0 Å². The molecule has 144 valence electrons. The number of pyridine rings is 1. The fourth-order valence-electron chi connectivity index (χ4n) is 3.37. The fraction of sp³-hybridized carbons (Fsp3) is 0.381. The molecule has 0 aliphatic carbocycles. The molecule has 0 amide bonds. The van der Waals surface area contributed by atoms with Gasteiger partial charge in [-0.1, -0.05) is 13.0 Å². The van der Waals surface area contributed by atoms with Crippen molar-refractivity contribution in [3.63, 3.8) is 0 Å². The molecule has 1 fully saturated rings. The molecule has 4 heterocycles. The van der Waals surface area contributed by atoms with Crippen molar-refractivity contribution in [3.8, 4) is 11.5 Å². The third-order valence-electron chi connectivity index (χ3n) is 4.95. The van der Waals surface area contributed by atoms with Crippen molar-refractivity contribution in [2.45, 2.75) is 26.7 Å². The normalized spacial score (nSPS) is 14.8. The predicted molar refractivity (Wildman–Crippen MR) is 110 cm³/mol. The average molecular weight is 375 g/mol. The van der Waals surface area contributed by atoms with Gasteiger partial charge in [0.1, 0.15) is 11.5 Å². The Morgan fingerprint density at radius 1 is 0.893 bits per heavy atom.